The second-order valence-electron chi connectivity index (χ2n) is 2.03. The highest BCUT2D eigenvalue weighted by Crippen LogP contribution is 2.30. The van der Waals surface area contributed by atoms with E-state index in [1.807, 2.05) is 0 Å². The number of carbonyl (C=O) groups is 1. The third kappa shape index (κ3) is 9.78. The summed E-state index contributed by atoms with van der Waals surface area (Å²) >= 11 is -0.264. The van der Waals surface area contributed by atoms with Crippen molar-refractivity contribution in [1.82, 2.24) is 0 Å². The van der Waals surface area contributed by atoms with Crippen LogP contribution in [0.1, 0.15) is 6.42 Å². The van der Waals surface area contributed by atoms with E-state index in [4.69, 9.17) is 10.8 Å². The Labute approximate surface area is 83.3 Å². The van der Waals surface area contributed by atoms with Gasteiger partial charge in [-0.25, -0.2) is 0 Å². The number of aliphatic carboxylic acids is 1. The molecule has 0 amide bonds. The Morgan fingerprint density at radius 1 is 1.54 bits per heavy atom. The molecule has 80 valence electrons. The minimum Gasteiger partial charge on any atom is -0.480 e. The summed E-state index contributed by atoms with van der Waals surface area (Å²) in [5, 5.41) is 8.20. The van der Waals surface area contributed by atoms with E-state index in [0.717, 1.165) is 0 Å². The molecule has 0 aliphatic rings. The fraction of sp³-hybridized carbons (Fsp3) is 0.800. The number of hydrogen-bond acceptors (Lipinski definition) is 3. The topological polar surface area (TPSA) is 63.3 Å². The highest BCUT2D eigenvalue weighted by molar-refractivity contribution is 8.00. The van der Waals surface area contributed by atoms with Crippen LogP contribution in [-0.2, 0) is 4.79 Å². The minimum atomic E-state index is -4.31. The molecule has 0 aromatic heterocycles. The Bertz CT molecular complexity index is 166. The lowest BCUT2D eigenvalue weighted by Gasteiger charge is -2.07. The zero-order chi connectivity index (χ0) is 9.78. The SMILES string of the molecule is Cl.N[C@@H](CCSC(F)(F)F)C(=O)O. The van der Waals surface area contributed by atoms with Gasteiger partial charge in [-0.1, -0.05) is 11.8 Å². The van der Waals surface area contributed by atoms with Crippen LogP contribution in [0.15, 0.2) is 0 Å². The maximum Gasteiger partial charge on any atom is 0.441 e. The van der Waals surface area contributed by atoms with Crippen LogP contribution in [-0.4, -0.2) is 28.4 Å². The van der Waals surface area contributed by atoms with Crippen molar-refractivity contribution in [2.45, 2.75) is 18.0 Å². The van der Waals surface area contributed by atoms with Gasteiger partial charge >= 0.3 is 11.5 Å². The number of halogens is 4. The third-order valence-electron chi connectivity index (χ3n) is 1.01. The van der Waals surface area contributed by atoms with Crippen LogP contribution in [0, 0.1) is 0 Å². The molecule has 0 fully saturated rings. The fourth-order valence-corrected chi connectivity index (χ4v) is 1.03. The zero-order valence-electron chi connectivity index (χ0n) is 6.37. The number of nitrogens with two attached hydrogens (primary N) is 1. The van der Waals surface area contributed by atoms with Crippen LogP contribution < -0.4 is 5.73 Å². The molecule has 0 radical (unpaired) electrons. The lowest BCUT2D eigenvalue weighted by atomic mass is 10.2. The normalized spacial score (nSPS) is 13.2. The summed E-state index contributed by atoms with van der Waals surface area (Å²) in [4.78, 5) is 10.0. The van der Waals surface area contributed by atoms with Gasteiger partial charge in [0.2, 0.25) is 0 Å². The van der Waals surface area contributed by atoms with E-state index in [1.54, 1.807) is 0 Å². The molecule has 3 nitrogen and oxygen atoms in total. The third-order valence-corrected chi connectivity index (χ3v) is 1.78. The first kappa shape index (κ1) is 15.3. The van der Waals surface area contributed by atoms with Crippen LogP contribution in [0.5, 0.6) is 0 Å². The lowest BCUT2D eigenvalue weighted by Crippen LogP contribution is -2.30. The quantitative estimate of drug-likeness (QED) is 0.780. The van der Waals surface area contributed by atoms with Gasteiger partial charge < -0.3 is 10.8 Å². The Kier molecular flexibility index (Phi) is 7.47. The van der Waals surface area contributed by atoms with Gasteiger partial charge in [0.25, 0.3) is 0 Å². The second-order valence-corrected chi connectivity index (χ2v) is 3.19. The van der Waals surface area contributed by atoms with Crippen LogP contribution in [0.4, 0.5) is 13.2 Å². The van der Waals surface area contributed by atoms with Gasteiger partial charge in [-0.15, -0.1) is 12.4 Å². The lowest BCUT2D eigenvalue weighted by molar-refractivity contribution is -0.138. The van der Waals surface area contributed by atoms with Gasteiger partial charge in [0.05, 0.1) is 0 Å². The van der Waals surface area contributed by atoms with E-state index in [1.165, 1.54) is 0 Å². The number of alkyl halides is 3. The maximum absolute atomic E-state index is 11.5. The molecule has 0 aliphatic heterocycles. The first-order chi connectivity index (χ1) is 5.33. The molecule has 0 aromatic carbocycles. The van der Waals surface area contributed by atoms with E-state index in [9.17, 15) is 18.0 Å². The van der Waals surface area contributed by atoms with E-state index < -0.39 is 17.5 Å². The number of carboxylic acid groups (broad SMARTS) is 1. The Hall–Kier alpha value is -0.140. The average Bonchev–Trinajstić information content (AvgIpc) is 1.84. The minimum absolute atomic E-state index is 0. The van der Waals surface area contributed by atoms with Crippen molar-refractivity contribution >= 4 is 30.1 Å². The molecular formula is C5H9ClF3NO2S. The Morgan fingerprint density at radius 2 is 2.00 bits per heavy atom. The fourth-order valence-electron chi connectivity index (χ4n) is 0.425. The molecule has 0 bridgehead atoms. The number of thioether (sulfide) groups is 1. The molecule has 0 spiro atoms. The number of rotatable bonds is 4. The monoisotopic (exact) mass is 239 g/mol. The summed E-state index contributed by atoms with van der Waals surface area (Å²) in [5.74, 6) is -1.60. The summed E-state index contributed by atoms with van der Waals surface area (Å²) in [5.41, 5.74) is 0.658. The molecule has 0 aromatic rings. The van der Waals surface area contributed by atoms with Crippen molar-refractivity contribution in [3.63, 3.8) is 0 Å². The summed E-state index contributed by atoms with van der Waals surface area (Å²) in [7, 11) is 0. The standard InChI is InChI=1S/C5H8F3NO2S.ClH/c6-5(7,8)12-2-1-3(9)4(10)11;/h3H,1-2,9H2,(H,10,11);1H/t3-;/m0./s1. The smallest absolute Gasteiger partial charge is 0.441 e. The van der Waals surface area contributed by atoms with E-state index in [2.05, 4.69) is 0 Å². The number of carboxylic acids is 1. The van der Waals surface area contributed by atoms with Gasteiger partial charge in [0.15, 0.2) is 0 Å². The van der Waals surface area contributed by atoms with Crippen molar-refractivity contribution in [3.8, 4) is 0 Å². The van der Waals surface area contributed by atoms with Gasteiger partial charge in [-0.05, 0) is 6.42 Å². The van der Waals surface area contributed by atoms with Crippen molar-refractivity contribution in [1.29, 1.82) is 0 Å². The predicted octanol–water partition coefficient (Wildman–Crippen LogP) is 1.46. The maximum atomic E-state index is 11.5. The summed E-state index contributed by atoms with van der Waals surface area (Å²) in [6.07, 6.45) is -0.181. The first-order valence-corrected chi connectivity index (χ1v) is 4.00. The molecular weight excluding hydrogens is 231 g/mol. The van der Waals surface area contributed by atoms with Gasteiger partial charge in [-0.2, -0.15) is 13.2 Å². The second kappa shape index (κ2) is 6.33. The molecule has 3 N–H and O–H groups in total. The highest BCUT2D eigenvalue weighted by atomic mass is 35.5. The molecule has 0 unspecified atom stereocenters. The van der Waals surface area contributed by atoms with Gasteiger partial charge in [-0.3, -0.25) is 4.79 Å². The summed E-state index contributed by atoms with van der Waals surface area (Å²) in [6.45, 7) is 0. The van der Waals surface area contributed by atoms with Crippen molar-refractivity contribution in [2.24, 2.45) is 5.73 Å². The highest BCUT2D eigenvalue weighted by Gasteiger charge is 2.28. The van der Waals surface area contributed by atoms with Crippen molar-refractivity contribution in [2.75, 3.05) is 5.75 Å². The van der Waals surface area contributed by atoms with Crippen LogP contribution in [0.2, 0.25) is 0 Å². The molecule has 13 heavy (non-hydrogen) atoms. The largest absolute Gasteiger partial charge is 0.480 e. The summed E-state index contributed by atoms with van der Waals surface area (Å²) < 4.78 is 34.4. The molecule has 0 saturated heterocycles. The molecule has 0 heterocycles. The van der Waals surface area contributed by atoms with E-state index in [0.29, 0.717) is 0 Å². The van der Waals surface area contributed by atoms with Crippen LogP contribution >= 0.6 is 24.2 Å². The van der Waals surface area contributed by atoms with Gasteiger partial charge in [0.1, 0.15) is 6.04 Å². The average molecular weight is 240 g/mol. The molecule has 0 aliphatic carbocycles. The van der Waals surface area contributed by atoms with Gasteiger partial charge in [0, 0.05) is 5.75 Å². The molecule has 0 saturated carbocycles. The van der Waals surface area contributed by atoms with E-state index >= 15 is 0 Å². The van der Waals surface area contributed by atoms with Crippen molar-refractivity contribution in [3.05, 3.63) is 0 Å². The van der Waals surface area contributed by atoms with Crippen molar-refractivity contribution < 1.29 is 23.1 Å². The zero-order valence-corrected chi connectivity index (χ0v) is 8.01. The first-order valence-electron chi connectivity index (χ1n) is 3.02. The molecule has 0 rings (SSSR count). The number of hydrogen-bond donors (Lipinski definition) is 2. The Balaban J connectivity index is 0. The van der Waals surface area contributed by atoms with E-state index in [-0.39, 0.29) is 36.3 Å². The predicted molar refractivity (Wildman–Crippen MR) is 46.0 cm³/mol. The van der Waals surface area contributed by atoms with Crippen LogP contribution in [0.25, 0.3) is 0 Å². The summed E-state index contributed by atoms with van der Waals surface area (Å²) in [6, 6.07) is -1.21. The molecule has 1 atom stereocenters. The van der Waals surface area contributed by atoms with Crippen LogP contribution in [0.3, 0.4) is 0 Å². The Morgan fingerprint density at radius 3 is 2.31 bits per heavy atom. The molecule has 8 heteroatoms.